The van der Waals surface area contributed by atoms with Crippen LogP contribution < -0.4 is 11.2 Å². The molecule has 0 radical (unpaired) electrons. The number of ether oxygens (including phenoxy) is 1. The average molecular weight is 296 g/mol. The Morgan fingerprint density at radius 1 is 1.45 bits per heavy atom. The van der Waals surface area contributed by atoms with Crippen LogP contribution >= 0.6 is 0 Å². The van der Waals surface area contributed by atoms with Gasteiger partial charge in [0, 0.05) is 12.6 Å². The molecule has 1 aromatic rings. The van der Waals surface area contributed by atoms with Crippen molar-refractivity contribution in [2.45, 2.75) is 31.0 Å². The SMILES string of the molecule is O=c1[nH]c(=O)n(C2C[C@@H](O)[C@H](CO)O2)cc1C(F)(F)F. The molecular formula is C10H11F3N2O5. The molecule has 1 aliphatic heterocycles. The first kappa shape index (κ1) is 14.8. The van der Waals surface area contributed by atoms with Gasteiger partial charge in [-0.2, -0.15) is 13.2 Å². The third-order valence-electron chi connectivity index (χ3n) is 2.97. The fraction of sp³-hybridized carbons (Fsp3) is 0.600. The van der Waals surface area contributed by atoms with Crippen molar-refractivity contribution in [1.29, 1.82) is 0 Å². The summed E-state index contributed by atoms with van der Waals surface area (Å²) in [6.07, 6.45) is -8.04. The van der Waals surface area contributed by atoms with E-state index in [1.54, 1.807) is 4.98 Å². The molecule has 0 aliphatic carbocycles. The zero-order valence-corrected chi connectivity index (χ0v) is 9.92. The first-order chi connectivity index (χ1) is 9.24. The van der Waals surface area contributed by atoms with Gasteiger partial charge >= 0.3 is 11.9 Å². The molecule has 1 aromatic heterocycles. The van der Waals surface area contributed by atoms with Gasteiger partial charge in [0.05, 0.1) is 12.7 Å². The fourth-order valence-corrected chi connectivity index (χ4v) is 1.95. The van der Waals surface area contributed by atoms with Crippen LogP contribution in [0.25, 0.3) is 0 Å². The molecular weight excluding hydrogens is 285 g/mol. The van der Waals surface area contributed by atoms with Crippen LogP contribution in [0.4, 0.5) is 13.2 Å². The predicted molar refractivity (Wildman–Crippen MR) is 57.9 cm³/mol. The number of nitrogens with zero attached hydrogens (tertiary/aromatic N) is 1. The second kappa shape index (κ2) is 5.04. The van der Waals surface area contributed by atoms with Crippen LogP contribution in [0.2, 0.25) is 0 Å². The van der Waals surface area contributed by atoms with E-state index in [1.807, 2.05) is 0 Å². The lowest BCUT2D eigenvalue weighted by molar-refractivity contribution is -0.139. The molecule has 2 heterocycles. The molecule has 1 saturated heterocycles. The number of halogens is 3. The molecule has 2 rings (SSSR count). The first-order valence-corrected chi connectivity index (χ1v) is 5.61. The smallest absolute Gasteiger partial charge is 0.394 e. The van der Waals surface area contributed by atoms with Gasteiger partial charge in [0.25, 0.3) is 5.56 Å². The Morgan fingerprint density at radius 2 is 2.10 bits per heavy atom. The molecule has 0 aromatic carbocycles. The molecule has 3 atom stereocenters. The van der Waals surface area contributed by atoms with Crippen LogP contribution in [0, 0.1) is 0 Å². The molecule has 0 saturated carbocycles. The van der Waals surface area contributed by atoms with Crippen molar-refractivity contribution < 1.29 is 28.1 Å². The van der Waals surface area contributed by atoms with E-state index in [1.165, 1.54) is 0 Å². The molecule has 10 heteroatoms. The molecule has 7 nitrogen and oxygen atoms in total. The minimum Gasteiger partial charge on any atom is -0.394 e. The Hall–Kier alpha value is -1.65. The van der Waals surface area contributed by atoms with E-state index in [4.69, 9.17) is 9.84 Å². The molecule has 112 valence electrons. The number of alkyl halides is 3. The van der Waals surface area contributed by atoms with E-state index >= 15 is 0 Å². The number of aromatic amines is 1. The summed E-state index contributed by atoms with van der Waals surface area (Å²) in [6, 6.07) is 0. The number of H-pyrrole nitrogens is 1. The highest BCUT2D eigenvalue weighted by Gasteiger charge is 2.38. The van der Waals surface area contributed by atoms with Crippen LogP contribution in [0.5, 0.6) is 0 Å². The highest BCUT2D eigenvalue weighted by atomic mass is 19.4. The first-order valence-electron chi connectivity index (χ1n) is 5.61. The van der Waals surface area contributed by atoms with E-state index in [9.17, 15) is 27.9 Å². The van der Waals surface area contributed by atoms with Crippen molar-refractivity contribution >= 4 is 0 Å². The minimum absolute atomic E-state index is 0.172. The standard InChI is InChI=1S/C10H11F3N2O5/c11-10(12,13)4-2-15(9(19)14-8(4)18)7-1-5(17)6(3-16)20-7/h2,5-7,16-17H,1,3H2,(H,14,18,19)/t5-,6+,7?/m1/s1. The number of hydrogen-bond acceptors (Lipinski definition) is 5. The number of aliphatic hydroxyl groups is 2. The van der Waals surface area contributed by atoms with Gasteiger partial charge in [-0.25, -0.2) is 4.79 Å². The van der Waals surface area contributed by atoms with E-state index in [2.05, 4.69) is 0 Å². The van der Waals surface area contributed by atoms with Crippen molar-refractivity contribution in [3.05, 3.63) is 32.6 Å². The Balaban J connectivity index is 2.43. The molecule has 0 amide bonds. The summed E-state index contributed by atoms with van der Waals surface area (Å²) in [5.41, 5.74) is -4.17. The third kappa shape index (κ3) is 2.62. The lowest BCUT2D eigenvalue weighted by atomic mass is 10.2. The van der Waals surface area contributed by atoms with Crippen molar-refractivity contribution in [3.8, 4) is 0 Å². The van der Waals surface area contributed by atoms with Crippen molar-refractivity contribution in [1.82, 2.24) is 9.55 Å². The topological polar surface area (TPSA) is 105 Å². The van der Waals surface area contributed by atoms with Gasteiger partial charge in [-0.3, -0.25) is 14.3 Å². The summed E-state index contributed by atoms with van der Waals surface area (Å²) in [4.78, 5) is 24.2. The molecule has 1 unspecified atom stereocenters. The number of aliphatic hydroxyl groups excluding tert-OH is 2. The number of hydrogen-bond donors (Lipinski definition) is 3. The Morgan fingerprint density at radius 3 is 2.60 bits per heavy atom. The third-order valence-corrected chi connectivity index (χ3v) is 2.97. The molecule has 20 heavy (non-hydrogen) atoms. The van der Waals surface area contributed by atoms with Gasteiger partial charge in [0.15, 0.2) is 0 Å². The fourth-order valence-electron chi connectivity index (χ4n) is 1.95. The largest absolute Gasteiger partial charge is 0.423 e. The monoisotopic (exact) mass is 296 g/mol. The van der Waals surface area contributed by atoms with Crippen LogP contribution in [0.3, 0.4) is 0 Å². The quantitative estimate of drug-likeness (QED) is 0.662. The van der Waals surface area contributed by atoms with Gasteiger partial charge in [0.1, 0.15) is 17.9 Å². The van der Waals surface area contributed by atoms with Gasteiger partial charge in [-0.1, -0.05) is 0 Å². The van der Waals surface area contributed by atoms with Crippen molar-refractivity contribution in [2.75, 3.05) is 6.61 Å². The molecule has 1 aliphatic rings. The number of aromatic nitrogens is 2. The second-order valence-corrected chi connectivity index (χ2v) is 4.32. The normalized spacial score (nSPS) is 26.9. The summed E-state index contributed by atoms with van der Waals surface area (Å²) in [6.45, 7) is -0.540. The molecule has 0 spiro atoms. The molecule has 0 bridgehead atoms. The van der Waals surface area contributed by atoms with E-state index in [-0.39, 0.29) is 6.42 Å². The maximum atomic E-state index is 12.6. The van der Waals surface area contributed by atoms with Gasteiger partial charge in [0.2, 0.25) is 0 Å². The van der Waals surface area contributed by atoms with Crippen molar-refractivity contribution in [2.24, 2.45) is 0 Å². The predicted octanol–water partition coefficient (Wildman–Crippen LogP) is -0.804. The highest BCUT2D eigenvalue weighted by molar-refractivity contribution is 5.09. The Labute approximate surface area is 109 Å². The van der Waals surface area contributed by atoms with E-state index in [0.29, 0.717) is 10.8 Å². The summed E-state index contributed by atoms with van der Waals surface area (Å²) in [5, 5.41) is 18.4. The average Bonchev–Trinajstić information content (AvgIpc) is 2.68. The second-order valence-electron chi connectivity index (χ2n) is 4.32. The van der Waals surface area contributed by atoms with E-state index in [0.717, 1.165) is 0 Å². The zero-order chi connectivity index (χ0) is 15.1. The lowest BCUT2D eigenvalue weighted by Crippen LogP contribution is -2.36. The van der Waals surface area contributed by atoms with Gasteiger partial charge < -0.3 is 14.9 Å². The highest BCUT2D eigenvalue weighted by Crippen LogP contribution is 2.30. The minimum atomic E-state index is -4.92. The summed E-state index contributed by atoms with van der Waals surface area (Å²) in [5.74, 6) is 0. The molecule has 1 fully saturated rings. The van der Waals surface area contributed by atoms with Crippen LogP contribution in [0.15, 0.2) is 15.8 Å². The van der Waals surface area contributed by atoms with Crippen LogP contribution in [0.1, 0.15) is 18.2 Å². The maximum Gasteiger partial charge on any atom is 0.423 e. The zero-order valence-electron chi connectivity index (χ0n) is 9.92. The van der Waals surface area contributed by atoms with Crippen LogP contribution in [-0.2, 0) is 10.9 Å². The summed E-state index contributed by atoms with van der Waals surface area (Å²) < 4.78 is 43.4. The number of nitrogens with one attached hydrogen (secondary N) is 1. The Kier molecular flexibility index (Phi) is 3.71. The molecule has 3 N–H and O–H groups in total. The maximum absolute atomic E-state index is 12.6. The number of rotatable bonds is 2. The van der Waals surface area contributed by atoms with Gasteiger partial charge in [-0.05, 0) is 0 Å². The lowest BCUT2D eigenvalue weighted by Gasteiger charge is -2.16. The van der Waals surface area contributed by atoms with E-state index < -0.39 is 48.0 Å². The summed E-state index contributed by atoms with van der Waals surface area (Å²) in [7, 11) is 0. The Bertz CT molecular complexity index is 608. The van der Waals surface area contributed by atoms with Crippen molar-refractivity contribution in [3.63, 3.8) is 0 Å². The van der Waals surface area contributed by atoms with Crippen LogP contribution in [-0.4, -0.2) is 38.6 Å². The van der Waals surface area contributed by atoms with Gasteiger partial charge in [-0.15, -0.1) is 0 Å². The summed E-state index contributed by atoms with van der Waals surface area (Å²) >= 11 is 0.